The summed E-state index contributed by atoms with van der Waals surface area (Å²) in [5, 5.41) is 28.5. The van der Waals surface area contributed by atoms with E-state index in [1.807, 2.05) is 49.4 Å². The first-order valence-corrected chi connectivity index (χ1v) is 9.90. The molecule has 0 spiro atoms. The van der Waals surface area contributed by atoms with Gasteiger partial charge in [0, 0.05) is 6.54 Å². The Kier molecular flexibility index (Phi) is 6.87. The molecule has 3 rings (SSSR count). The number of anilines is 1. The maximum absolute atomic E-state index is 12.2. The lowest BCUT2D eigenvalue weighted by Gasteiger charge is -2.15. The number of aromatic nitrogens is 2. The van der Waals surface area contributed by atoms with Gasteiger partial charge in [0.05, 0.1) is 29.1 Å². The van der Waals surface area contributed by atoms with E-state index < -0.39 is 0 Å². The Labute approximate surface area is 180 Å². The van der Waals surface area contributed by atoms with Crippen LogP contribution < -0.4 is 16.4 Å². The fourth-order valence-electron chi connectivity index (χ4n) is 3.18. The van der Waals surface area contributed by atoms with Gasteiger partial charge in [-0.2, -0.15) is 15.6 Å². The maximum Gasteiger partial charge on any atom is 0.315 e. The van der Waals surface area contributed by atoms with E-state index >= 15 is 0 Å². The Hall–Kier alpha value is -4.30. The van der Waals surface area contributed by atoms with Crippen molar-refractivity contribution >= 4 is 11.8 Å². The lowest BCUT2D eigenvalue weighted by molar-refractivity contribution is 0.238. The Balaban J connectivity index is 1.52. The van der Waals surface area contributed by atoms with Crippen molar-refractivity contribution in [2.24, 2.45) is 0 Å². The van der Waals surface area contributed by atoms with E-state index in [0.717, 1.165) is 11.3 Å². The van der Waals surface area contributed by atoms with Gasteiger partial charge in [-0.05, 0) is 49.6 Å². The summed E-state index contributed by atoms with van der Waals surface area (Å²) in [6, 6.07) is 20.2. The molecule has 0 aliphatic carbocycles. The molecule has 0 saturated carbocycles. The summed E-state index contributed by atoms with van der Waals surface area (Å²) in [6.45, 7) is 2.30. The SMILES string of the molecule is CC(NC(=O)NCCCc1nn(-c2ccccc2)c(N)c1C#N)c1ccc(C#N)cc1. The molecule has 0 radical (unpaired) electrons. The molecule has 1 unspecified atom stereocenters. The van der Waals surface area contributed by atoms with Crippen molar-refractivity contribution in [2.75, 3.05) is 12.3 Å². The van der Waals surface area contributed by atoms with Gasteiger partial charge in [0.25, 0.3) is 0 Å². The van der Waals surface area contributed by atoms with E-state index in [2.05, 4.69) is 27.9 Å². The number of nitriles is 2. The number of urea groups is 1. The molecular formula is C23H23N7O. The number of hydrogen-bond acceptors (Lipinski definition) is 5. The highest BCUT2D eigenvalue weighted by molar-refractivity contribution is 5.74. The molecule has 0 fully saturated rings. The number of nitrogens with one attached hydrogen (secondary N) is 2. The molecule has 1 atom stereocenters. The van der Waals surface area contributed by atoms with Gasteiger partial charge in [0.1, 0.15) is 17.5 Å². The van der Waals surface area contributed by atoms with Crippen molar-refractivity contribution in [3.05, 3.63) is 77.0 Å². The Morgan fingerprint density at radius 3 is 2.48 bits per heavy atom. The molecule has 4 N–H and O–H groups in total. The third-order valence-electron chi connectivity index (χ3n) is 4.87. The number of aryl methyl sites for hydroxylation is 1. The van der Waals surface area contributed by atoms with Gasteiger partial charge < -0.3 is 16.4 Å². The number of para-hydroxylation sites is 1. The average molecular weight is 413 g/mol. The maximum atomic E-state index is 12.2. The van der Waals surface area contributed by atoms with Crippen LogP contribution in [-0.2, 0) is 6.42 Å². The van der Waals surface area contributed by atoms with Crippen LogP contribution in [0.2, 0.25) is 0 Å². The highest BCUT2D eigenvalue weighted by Crippen LogP contribution is 2.21. The molecule has 0 aliphatic rings. The normalized spacial score (nSPS) is 11.2. The predicted molar refractivity (Wildman–Crippen MR) is 117 cm³/mol. The zero-order chi connectivity index (χ0) is 22.2. The van der Waals surface area contributed by atoms with E-state index in [9.17, 15) is 10.1 Å². The highest BCUT2D eigenvalue weighted by Gasteiger charge is 2.16. The molecule has 0 aliphatic heterocycles. The molecule has 8 nitrogen and oxygen atoms in total. The summed E-state index contributed by atoms with van der Waals surface area (Å²) in [5.41, 5.74) is 9.36. The van der Waals surface area contributed by atoms with Crippen LogP contribution in [0.1, 0.15) is 41.8 Å². The van der Waals surface area contributed by atoms with Crippen LogP contribution in [0.5, 0.6) is 0 Å². The van der Waals surface area contributed by atoms with Crippen LogP contribution in [0.3, 0.4) is 0 Å². The molecule has 2 aromatic carbocycles. The second kappa shape index (κ2) is 9.95. The van der Waals surface area contributed by atoms with E-state index in [1.54, 1.807) is 16.8 Å². The number of nitrogen functional groups attached to an aromatic ring is 1. The van der Waals surface area contributed by atoms with Crippen LogP contribution in [-0.4, -0.2) is 22.4 Å². The van der Waals surface area contributed by atoms with Crippen LogP contribution in [0.25, 0.3) is 5.69 Å². The summed E-state index contributed by atoms with van der Waals surface area (Å²) in [5.74, 6) is 0.311. The Bertz CT molecular complexity index is 1120. The molecule has 1 aromatic heterocycles. The molecule has 3 aromatic rings. The van der Waals surface area contributed by atoms with Gasteiger partial charge >= 0.3 is 6.03 Å². The van der Waals surface area contributed by atoms with Gasteiger partial charge in [0.15, 0.2) is 0 Å². The minimum atomic E-state index is -0.285. The fraction of sp³-hybridized carbons (Fsp3) is 0.217. The minimum Gasteiger partial charge on any atom is -0.382 e. The summed E-state index contributed by atoms with van der Waals surface area (Å²) in [4.78, 5) is 12.2. The highest BCUT2D eigenvalue weighted by atomic mass is 16.2. The van der Waals surface area contributed by atoms with Crippen molar-refractivity contribution in [1.82, 2.24) is 20.4 Å². The first kappa shape index (κ1) is 21.4. The zero-order valence-corrected chi connectivity index (χ0v) is 17.2. The van der Waals surface area contributed by atoms with Gasteiger partial charge in [-0.25, -0.2) is 9.48 Å². The van der Waals surface area contributed by atoms with Crippen molar-refractivity contribution in [3.63, 3.8) is 0 Å². The summed E-state index contributed by atoms with van der Waals surface area (Å²) in [7, 11) is 0. The van der Waals surface area contributed by atoms with E-state index in [4.69, 9.17) is 11.0 Å². The summed E-state index contributed by atoms with van der Waals surface area (Å²) in [6.07, 6.45) is 1.12. The molecule has 1 heterocycles. The van der Waals surface area contributed by atoms with E-state index in [-0.39, 0.29) is 12.1 Å². The Morgan fingerprint density at radius 2 is 1.84 bits per heavy atom. The smallest absolute Gasteiger partial charge is 0.315 e. The minimum absolute atomic E-state index is 0.195. The van der Waals surface area contributed by atoms with Crippen LogP contribution in [0.15, 0.2) is 54.6 Å². The first-order chi connectivity index (χ1) is 15.0. The van der Waals surface area contributed by atoms with Gasteiger partial charge in [-0.1, -0.05) is 30.3 Å². The third kappa shape index (κ3) is 5.20. The van der Waals surface area contributed by atoms with Crippen molar-refractivity contribution in [3.8, 4) is 17.8 Å². The second-order valence-corrected chi connectivity index (χ2v) is 7.03. The number of nitrogens with two attached hydrogens (primary N) is 1. The predicted octanol–water partition coefficient (Wildman–Crippen LogP) is 3.19. The second-order valence-electron chi connectivity index (χ2n) is 7.03. The zero-order valence-electron chi connectivity index (χ0n) is 17.2. The third-order valence-corrected chi connectivity index (χ3v) is 4.87. The first-order valence-electron chi connectivity index (χ1n) is 9.90. The van der Waals surface area contributed by atoms with Gasteiger partial charge in [0.2, 0.25) is 0 Å². The van der Waals surface area contributed by atoms with Crippen LogP contribution >= 0.6 is 0 Å². The van der Waals surface area contributed by atoms with Crippen LogP contribution in [0.4, 0.5) is 10.6 Å². The number of nitrogens with zero attached hydrogens (tertiary/aromatic N) is 4. The standard InChI is InChI=1S/C23H23N7O/c1-16(18-11-9-17(14-24)10-12-18)28-23(31)27-13-5-8-21-20(15-25)22(26)30(29-21)19-6-3-2-4-7-19/h2-4,6-7,9-12,16H,5,8,13,26H2,1H3,(H2,27,28,31). The number of rotatable bonds is 7. The van der Waals surface area contributed by atoms with Crippen molar-refractivity contribution < 1.29 is 4.79 Å². The number of carbonyl (C=O) groups excluding carboxylic acids is 1. The fourth-order valence-corrected chi connectivity index (χ4v) is 3.18. The number of benzene rings is 2. The Morgan fingerprint density at radius 1 is 1.13 bits per heavy atom. The quantitative estimate of drug-likeness (QED) is 0.512. The lowest BCUT2D eigenvalue weighted by Crippen LogP contribution is -2.37. The molecule has 8 heteroatoms. The van der Waals surface area contributed by atoms with Crippen molar-refractivity contribution in [2.45, 2.75) is 25.8 Å². The van der Waals surface area contributed by atoms with E-state index in [1.165, 1.54) is 0 Å². The average Bonchev–Trinajstić information content (AvgIpc) is 3.12. The van der Waals surface area contributed by atoms with Gasteiger partial charge in [-0.3, -0.25) is 0 Å². The number of amides is 2. The van der Waals surface area contributed by atoms with Crippen molar-refractivity contribution in [1.29, 1.82) is 10.5 Å². The molecule has 0 saturated heterocycles. The van der Waals surface area contributed by atoms with Gasteiger partial charge in [-0.15, -0.1) is 0 Å². The molecule has 0 bridgehead atoms. The van der Waals surface area contributed by atoms with Crippen LogP contribution in [0, 0.1) is 22.7 Å². The largest absolute Gasteiger partial charge is 0.382 e. The number of carbonyl (C=O) groups is 1. The molecule has 2 amide bonds. The topological polar surface area (TPSA) is 133 Å². The lowest BCUT2D eigenvalue weighted by atomic mass is 10.1. The molecule has 156 valence electrons. The molecule has 31 heavy (non-hydrogen) atoms. The monoisotopic (exact) mass is 413 g/mol. The molecular weight excluding hydrogens is 390 g/mol. The summed E-state index contributed by atoms with van der Waals surface area (Å²) < 4.78 is 1.56. The van der Waals surface area contributed by atoms with E-state index in [0.29, 0.717) is 42.0 Å². The number of hydrogen-bond donors (Lipinski definition) is 3. The summed E-state index contributed by atoms with van der Waals surface area (Å²) >= 11 is 0.